The van der Waals surface area contributed by atoms with Crippen LogP contribution in [0.4, 0.5) is 0 Å². The Bertz CT molecular complexity index is 626. The van der Waals surface area contributed by atoms with E-state index in [9.17, 15) is 4.79 Å². The van der Waals surface area contributed by atoms with Crippen LogP contribution in [0.2, 0.25) is 0 Å². The molecule has 2 aromatic heterocycles. The lowest BCUT2D eigenvalue weighted by Gasteiger charge is -2.15. The molecule has 0 atom stereocenters. The van der Waals surface area contributed by atoms with E-state index in [0.717, 1.165) is 38.0 Å². The van der Waals surface area contributed by atoms with Crippen LogP contribution in [0.3, 0.4) is 0 Å². The summed E-state index contributed by atoms with van der Waals surface area (Å²) in [6.45, 7) is 15.2. The second-order valence-corrected chi connectivity index (χ2v) is 10.7. The van der Waals surface area contributed by atoms with Gasteiger partial charge in [-0.1, -0.05) is 41.5 Å². The number of hydrogen-bond acceptors (Lipinski definition) is 6. The summed E-state index contributed by atoms with van der Waals surface area (Å²) in [7, 11) is 0. The molecule has 0 bridgehead atoms. The minimum atomic E-state index is 0.244. The van der Waals surface area contributed by atoms with E-state index in [1.54, 1.807) is 11.3 Å². The Morgan fingerprint density at radius 2 is 1.59 bits per heavy atom. The number of thiazole rings is 2. The second-order valence-electron chi connectivity index (χ2n) is 9.07. The van der Waals surface area contributed by atoms with Gasteiger partial charge >= 0.3 is 0 Å². The first-order valence-corrected chi connectivity index (χ1v) is 11.3. The SMILES string of the molecule is C1CCOC1.CC(C)(C)Cc1csc(C=O)n1.CC(C)(C)Cc1cscn1. The summed E-state index contributed by atoms with van der Waals surface area (Å²) in [4.78, 5) is 18.7. The molecule has 1 aliphatic rings. The van der Waals surface area contributed by atoms with Gasteiger partial charge in [-0.3, -0.25) is 4.79 Å². The van der Waals surface area contributed by atoms with Crippen molar-refractivity contribution in [3.63, 3.8) is 0 Å². The van der Waals surface area contributed by atoms with Gasteiger partial charge < -0.3 is 4.74 Å². The van der Waals surface area contributed by atoms with Crippen LogP contribution in [0, 0.1) is 10.8 Å². The van der Waals surface area contributed by atoms with Crippen LogP contribution < -0.4 is 0 Å². The van der Waals surface area contributed by atoms with Crippen molar-refractivity contribution in [2.45, 2.75) is 67.2 Å². The molecular weight excluding hydrogens is 376 g/mol. The van der Waals surface area contributed by atoms with Crippen LogP contribution >= 0.6 is 22.7 Å². The zero-order valence-electron chi connectivity index (χ0n) is 17.6. The molecule has 0 saturated carbocycles. The molecule has 0 radical (unpaired) electrons. The van der Waals surface area contributed by atoms with Gasteiger partial charge in [0.05, 0.1) is 16.9 Å². The molecule has 2 aromatic rings. The summed E-state index contributed by atoms with van der Waals surface area (Å²) in [6.07, 6.45) is 5.37. The molecule has 4 nitrogen and oxygen atoms in total. The fourth-order valence-electron chi connectivity index (χ4n) is 2.38. The molecule has 0 amide bonds. The summed E-state index contributed by atoms with van der Waals surface area (Å²) in [6, 6.07) is 0. The molecular formula is C21H34N2O2S2. The molecule has 0 spiro atoms. The van der Waals surface area contributed by atoms with Crippen molar-refractivity contribution in [2.75, 3.05) is 13.2 Å². The van der Waals surface area contributed by atoms with Crippen LogP contribution in [-0.2, 0) is 17.6 Å². The van der Waals surface area contributed by atoms with Crippen molar-refractivity contribution in [1.29, 1.82) is 0 Å². The van der Waals surface area contributed by atoms with Crippen LogP contribution in [0.15, 0.2) is 16.3 Å². The molecule has 3 rings (SSSR count). The van der Waals surface area contributed by atoms with Gasteiger partial charge in [-0.15, -0.1) is 22.7 Å². The number of hydrogen-bond donors (Lipinski definition) is 0. The summed E-state index contributed by atoms with van der Waals surface area (Å²) in [5, 5.41) is 4.65. The van der Waals surface area contributed by atoms with Gasteiger partial charge in [0.25, 0.3) is 0 Å². The minimum Gasteiger partial charge on any atom is -0.381 e. The fraction of sp³-hybridized carbons (Fsp3) is 0.667. The molecule has 152 valence electrons. The number of carbonyl (C=O) groups excluding carboxylic acids is 1. The summed E-state index contributed by atoms with van der Waals surface area (Å²) >= 11 is 3.08. The zero-order valence-corrected chi connectivity index (χ0v) is 19.2. The summed E-state index contributed by atoms with van der Waals surface area (Å²) < 4.78 is 4.94. The fourth-order valence-corrected chi connectivity index (χ4v) is 3.56. The Morgan fingerprint density at radius 1 is 1.00 bits per heavy atom. The molecule has 1 fully saturated rings. The topological polar surface area (TPSA) is 52.1 Å². The van der Waals surface area contributed by atoms with Gasteiger partial charge in [-0.2, -0.15) is 0 Å². The van der Waals surface area contributed by atoms with Crippen molar-refractivity contribution >= 4 is 29.0 Å². The van der Waals surface area contributed by atoms with E-state index in [0.29, 0.717) is 10.4 Å². The number of aromatic nitrogens is 2. The molecule has 3 heterocycles. The van der Waals surface area contributed by atoms with E-state index in [4.69, 9.17) is 4.74 Å². The van der Waals surface area contributed by atoms with E-state index < -0.39 is 0 Å². The van der Waals surface area contributed by atoms with E-state index in [-0.39, 0.29) is 5.41 Å². The van der Waals surface area contributed by atoms with Gasteiger partial charge in [-0.05, 0) is 36.5 Å². The smallest absolute Gasteiger partial charge is 0.178 e. The first kappa shape index (κ1) is 23.9. The zero-order chi connectivity index (χ0) is 20.3. The van der Waals surface area contributed by atoms with Crippen molar-refractivity contribution < 1.29 is 9.53 Å². The maximum atomic E-state index is 10.3. The second kappa shape index (κ2) is 11.7. The van der Waals surface area contributed by atoms with Crippen molar-refractivity contribution in [3.8, 4) is 0 Å². The lowest BCUT2D eigenvalue weighted by Crippen LogP contribution is -2.09. The normalized spacial score (nSPS) is 14.0. The van der Waals surface area contributed by atoms with Gasteiger partial charge in [0.1, 0.15) is 0 Å². The van der Waals surface area contributed by atoms with Crippen LogP contribution in [0.1, 0.15) is 75.6 Å². The van der Waals surface area contributed by atoms with Gasteiger partial charge in [-0.25, -0.2) is 9.97 Å². The minimum absolute atomic E-state index is 0.244. The van der Waals surface area contributed by atoms with Crippen molar-refractivity contribution in [1.82, 2.24) is 9.97 Å². The highest BCUT2D eigenvalue weighted by Gasteiger charge is 2.13. The average Bonchev–Trinajstić information content (AvgIpc) is 3.29. The monoisotopic (exact) mass is 410 g/mol. The summed E-state index contributed by atoms with van der Waals surface area (Å²) in [5.74, 6) is 0. The Kier molecular flexibility index (Phi) is 10.3. The third-order valence-electron chi connectivity index (χ3n) is 3.40. The largest absolute Gasteiger partial charge is 0.381 e. The van der Waals surface area contributed by atoms with Crippen molar-refractivity contribution in [2.24, 2.45) is 10.8 Å². The van der Waals surface area contributed by atoms with Gasteiger partial charge in [0, 0.05) is 24.0 Å². The highest BCUT2D eigenvalue weighted by atomic mass is 32.1. The predicted molar refractivity (Wildman–Crippen MR) is 116 cm³/mol. The number of carbonyl (C=O) groups is 1. The number of ether oxygens (including phenoxy) is 1. The molecule has 0 N–H and O–H groups in total. The van der Waals surface area contributed by atoms with Gasteiger partial charge in [0.15, 0.2) is 11.3 Å². The predicted octanol–water partition coefficient (Wildman–Crippen LogP) is 6.07. The number of nitrogens with zero attached hydrogens (tertiary/aromatic N) is 2. The standard InChI is InChI=1S/C9H13NOS.C8H13NS.C4H8O/c1-9(2,3)4-7-6-12-8(5-11)10-7;1-8(2,3)4-7-5-10-6-9-7;1-2-4-5-3-1/h5-6H,4H2,1-3H3;5-6H,4H2,1-3H3;1-4H2. The van der Waals surface area contributed by atoms with Crippen molar-refractivity contribution in [3.05, 3.63) is 32.7 Å². The van der Waals surface area contributed by atoms with Crippen LogP contribution in [0.25, 0.3) is 0 Å². The first-order chi connectivity index (χ1) is 12.6. The third-order valence-corrected chi connectivity index (χ3v) is 4.86. The first-order valence-electron chi connectivity index (χ1n) is 9.43. The number of rotatable bonds is 3. The molecule has 27 heavy (non-hydrogen) atoms. The lowest BCUT2D eigenvalue weighted by molar-refractivity contribution is 0.112. The summed E-state index contributed by atoms with van der Waals surface area (Å²) in [5.41, 5.74) is 4.75. The quantitative estimate of drug-likeness (QED) is 0.576. The molecule has 6 heteroatoms. The Labute approximate surface area is 172 Å². The van der Waals surface area contributed by atoms with Crippen LogP contribution in [0.5, 0.6) is 0 Å². The van der Waals surface area contributed by atoms with Crippen LogP contribution in [-0.4, -0.2) is 29.5 Å². The highest BCUT2D eigenvalue weighted by molar-refractivity contribution is 7.11. The molecule has 1 aliphatic heterocycles. The van der Waals surface area contributed by atoms with Gasteiger partial charge in [0.2, 0.25) is 0 Å². The highest BCUT2D eigenvalue weighted by Crippen LogP contribution is 2.21. The molecule has 0 aromatic carbocycles. The number of aldehydes is 1. The molecule has 0 unspecified atom stereocenters. The Hall–Kier alpha value is -1.11. The lowest BCUT2D eigenvalue weighted by atomic mass is 9.91. The third kappa shape index (κ3) is 12.8. The van der Waals surface area contributed by atoms with E-state index >= 15 is 0 Å². The van der Waals surface area contributed by atoms with E-state index in [1.807, 2.05) is 10.9 Å². The van der Waals surface area contributed by atoms with E-state index in [1.165, 1.54) is 29.9 Å². The molecule has 1 saturated heterocycles. The average molecular weight is 411 g/mol. The maximum Gasteiger partial charge on any atom is 0.178 e. The Balaban J connectivity index is 0.000000218. The maximum absolute atomic E-state index is 10.3. The Morgan fingerprint density at radius 3 is 1.96 bits per heavy atom. The van der Waals surface area contributed by atoms with E-state index in [2.05, 4.69) is 56.9 Å². The molecule has 0 aliphatic carbocycles.